The first-order valence-electron chi connectivity index (χ1n) is 7.30. The van der Waals surface area contributed by atoms with Gasteiger partial charge in [-0.25, -0.2) is 4.79 Å². The molecular formula is C16H22ClNO5. The molecule has 0 bridgehead atoms. The third-order valence-corrected chi connectivity index (χ3v) is 3.41. The lowest BCUT2D eigenvalue weighted by atomic mass is 10.2. The maximum atomic E-state index is 12.0. The van der Waals surface area contributed by atoms with Gasteiger partial charge in [-0.1, -0.05) is 24.9 Å². The Labute approximate surface area is 141 Å². The minimum atomic E-state index is -0.661. The van der Waals surface area contributed by atoms with Crippen molar-refractivity contribution in [3.05, 3.63) is 22.7 Å². The Bertz CT molecular complexity index is 562. The maximum Gasteiger partial charge on any atom is 0.338 e. The molecule has 1 unspecified atom stereocenters. The van der Waals surface area contributed by atoms with Crippen molar-refractivity contribution in [2.24, 2.45) is 0 Å². The fraction of sp³-hybridized carbons (Fsp3) is 0.500. The summed E-state index contributed by atoms with van der Waals surface area (Å²) in [5.41, 5.74) is 0.182. The molecule has 0 fully saturated rings. The summed E-state index contributed by atoms with van der Waals surface area (Å²) in [4.78, 5) is 23.7. The molecule has 0 heterocycles. The number of amides is 1. The Morgan fingerprint density at radius 1 is 1.26 bits per heavy atom. The van der Waals surface area contributed by atoms with E-state index in [-0.39, 0.29) is 29.1 Å². The maximum absolute atomic E-state index is 12.0. The van der Waals surface area contributed by atoms with Gasteiger partial charge >= 0.3 is 5.97 Å². The van der Waals surface area contributed by atoms with Crippen LogP contribution in [0.5, 0.6) is 11.5 Å². The standard InChI is InChI=1S/C16H22ClNO5/c1-5-6-10(2)18-14(19)9-23-16(20)11-7-12(17)15(22-4)13(8-11)21-3/h7-8,10H,5-6,9H2,1-4H3,(H,18,19). The summed E-state index contributed by atoms with van der Waals surface area (Å²) >= 11 is 6.03. The number of halogens is 1. The zero-order valence-corrected chi connectivity index (χ0v) is 14.5. The van der Waals surface area contributed by atoms with E-state index < -0.39 is 5.97 Å². The second-order valence-electron chi connectivity index (χ2n) is 5.03. The van der Waals surface area contributed by atoms with E-state index in [9.17, 15) is 9.59 Å². The fourth-order valence-electron chi connectivity index (χ4n) is 2.07. The van der Waals surface area contributed by atoms with Crippen LogP contribution in [0.3, 0.4) is 0 Å². The molecule has 1 amide bonds. The number of ether oxygens (including phenoxy) is 3. The summed E-state index contributed by atoms with van der Waals surface area (Å²) in [6.45, 7) is 3.58. The number of carbonyl (C=O) groups is 2. The molecule has 0 aliphatic heterocycles. The van der Waals surface area contributed by atoms with Gasteiger partial charge in [-0.15, -0.1) is 0 Å². The molecule has 1 N–H and O–H groups in total. The van der Waals surface area contributed by atoms with Gasteiger partial charge in [0.05, 0.1) is 24.8 Å². The highest BCUT2D eigenvalue weighted by atomic mass is 35.5. The third-order valence-electron chi connectivity index (χ3n) is 3.13. The lowest BCUT2D eigenvalue weighted by Gasteiger charge is -2.13. The molecule has 0 radical (unpaired) electrons. The van der Waals surface area contributed by atoms with E-state index in [1.54, 1.807) is 0 Å². The Kier molecular flexibility index (Phi) is 7.68. The first-order valence-corrected chi connectivity index (χ1v) is 7.68. The van der Waals surface area contributed by atoms with Crippen molar-refractivity contribution >= 4 is 23.5 Å². The van der Waals surface area contributed by atoms with Crippen LogP contribution in [-0.2, 0) is 9.53 Å². The van der Waals surface area contributed by atoms with Crippen molar-refractivity contribution in [3.8, 4) is 11.5 Å². The van der Waals surface area contributed by atoms with E-state index in [0.717, 1.165) is 12.8 Å². The highest BCUT2D eigenvalue weighted by molar-refractivity contribution is 6.32. The van der Waals surface area contributed by atoms with Crippen LogP contribution in [-0.4, -0.2) is 38.7 Å². The van der Waals surface area contributed by atoms with Gasteiger partial charge in [-0.2, -0.15) is 0 Å². The topological polar surface area (TPSA) is 73.9 Å². The lowest BCUT2D eigenvalue weighted by molar-refractivity contribution is -0.124. The average molecular weight is 344 g/mol. The van der Waals surface area contributed by atoms with Gasteiger partial charge in [0, 0.05) is 6.04 Å². The number of carbonyl (C=O) groups excluding carboxylic acids is 2. The molecule has 1 rings (SSSR count). The summed E-state index contributed by atoms with van der Waals surface area (Å²) in [7, 11) is 2.88. The number of hydrogen-bond acceptors (Lipinski definition) is 5. The summed E-state index contributed by atoms with van der Waals surface area (Å²) < 4.78 is 15.2. The van der Waals surface area contributed by atoms with Gasteiger partial charge < -0.3 is 19.5 Å². The van der Waals surface area contributed by atoms with Gasteiger partial charge in [-0.3, -0.25) is 4.79 Å². The van der Waals surface area contributed by atoms with E-state index in [2.05, 4.69) is 5.32 Å². The van der Waals surface area contributed by atoms with Crippen LogP contribution >= 0.6 is 11.6 Å². The van der Waals surface area contributed by atoms with Crippen molar-refractivity contribution in [2.45, 2.75) is 32.7 Å². The molecule has 1 aromatic rings. The van der Waals surface area contributed by atoms with Crippen LogP contribution in [0.4, 0.5) is 0 Å². The second-order valence-corrected chi connectivity index (χ2v) is 5.43. The Morgan fingerprint density at radius 3 is 2.52 bits per heavy atom. The Balaban J connectivity index is 2.68. The van der Waals surface area contributed by atoms with Crippen LogP contribution in [0.15, 0.2) is 12.1 Å². The SMILES string of the molecule is CCCC(C)NC(=O)COC(=O)c1cc(Cl)c(OC)c(OC)c1. The van der Waals surface area contributed by atoms with Crippen molar-refractivity contribution in [3.63, 3.8) is 0 Å². The minimum absolute atomic E-state index is 0.0433. The van der Waals surface area contributed by atoms with E-state index in [4.69, 9.17) is 25.8 Å². The number of benzene rings is 1. The number of nitrogens with one attached hydrogen (secondary N) is 1. The molecule has 1 atom stereocenters. The predicted octanol–water partition coefficient (Wildman–Crippen LogP) is 2.82. The van der Waals surface area contributed by atoms with Crippen molar-refractivity contribution < 1.29 is 23.8 Å². The van der Waals surface area contributed by atoms with E-state index >= 15 is 0 Å². The molecular weight excluding hydrogens is 322 g/mol. The van der Waals surface area contributed by atoms with E-state index in [0.29, 0.717) is 11.5 Å². The summed E-state index contributed by atoms with van der Waals surface area (Å²) in [5.74, 6) is -0.359. The molecule has 0 aromatic heterocycles. The highest BCUT2D eigenvalue weighted by Crippen LogP contribution is 2.36. The second kappa shape index (κ2) is 9.25. The molecule has 7 heteroatoms. The van der Waals surface area contributed by atoms with Gasteiger partial charge in [0.25, 0.3) is 5.91 Å². The van der Waals surface area contributed by atoms with E-state index in [1.807, 2.05) is 13.8 Å². The molecule has 23 heavy (non-hydrogen) atoms. The predicted molar refractivity (Wildman–Crippen MR) is 87.4 cm³/mol. The third kappa shape index (κ3) is 5.63. The monoisotopic (exact) mass is 343 g/mol. The Morgan fingerprint density at radius 2 is 1.96 bits per heavy atom. The quantitative estimate of drug-likeness (QED) is 0.735. The van der Waals surface area contributed by atoms with Gasteiger partial charge in [-0.05, 0) is 25.5 Å². The van der Waals surface area contributed by atoms with Crippen LogP contribution < -0.4 is 14.8 Å². The molecule has 0 saturated heterocycles. The number of hydrogen-bond donors (Lipinski definition) is 1. The zero-order chi connectivity index (χ0) is 17.4. The van der Waals surface area contributed by atoms with Gasteiger partial charge in [0.1, 0.15) is 0 Å². The van der Waals surface area contributed by atoms with Crippen molar-refractivity contribution in [1.29, 1.82) is 0 Å². The first kappa shape index (κ1) is 19.1. The number of esters is 1. The van der Waals surface area contributed by atoms with Gasteiger partial charge in [0.15, 0.2) is 18.1 Å². The van der Waals surface area contributed by atoms with Crippen LogP contribution in [0.2, 0.25) is 5.02 Å². The van der Waals surface area contributed by atoms with E-state index in [1.165, 1.54) is 26.4 Å². The molecule has 128 valence electrons. The largest absolute Gasteiger partial charge is 0.493 e. The lowest BCUT2D eigenvalue weighted by Crippen LogP contribution is -2.35. The van der Waals surface area contributed by atoms with Crippen molar-refractivity contribution in [2.75, 3.05) is 20.8 Å². The molecule has 0 aliphatic rings. The van der Waals surface area contributed by atoms with Crippen LogP contribution in [0.25, 0.3) is 0 Å². The van der Waals surface area contributed by atoms with Crippen molar-refractivity contribution in [1.82, 2.24) is 5.32 Å². The normalized spacial score (nSPS) is 11.5. The van der Waals surface area contributed by atoms with Gasteiger partial charge in [0.2, 0.25) is 0 Å². The molecule has 6 nitrogen and oxygen atoms in total. The number of rotatable bonds is 8. The summed E-state index contributed by atoms with van der Waals surface area (Å²) in [5, 5.41) is 2.97. The first-order chi connectivity index (χ1) is 10.9. The Hall–Kier alpha value is -1.95. The highest BCUT2D eigenvalue weighted by Gasteiger charge is 2.17. The molecule has 0 aliphatic carbocycles. The summed E-state index contributed by atoms with van der Waals surface area (Å²) in [6.07, 6.45) is 1.83. The smallest absolute Gasteiger partial charge is 0.338 e. The average Bonchev–Trinajstić information content (AvgIpc) is 2.51. The molecule has 0 saturated carbocycles. The van der Waals surface area contributed by atoms with Crippen LogP contribution in [0.1, 0.15) is 37.0 Å². The number of methoxy groups -OCH3 is 2. The molecule has 1 aromatic carbocycles. The van der Waals surface area contributed by atoms with Crippen LogP contribution in [0, 0.1) is 0 Å². The molecule has 0 spiro atoms. The summed E-state index contributed by atoms with van der Waals surface area (Å²) in [6, 6.07) is 2.90. The fourth-order valence-corrected chi connectivity index (χ4v) is 2.36. The minimum Gasteiger partial charge on any atom is -0.493 e. The zero-order valence-electron chi connectivity index (χ0n) is 13.8.